The van der Waals surface area contributed by atoms with Crippen molar-refractivity contribution in [3.63, 3.8) is 0 Å². The number of alkyl halides is 3. The van der Waals surface area contributed by atoms with Gasteiger partial charge >= 0.3 is 12.2 Å². The SMILES string of the molecule is CC1CN(C(=O)NCC#Cc2ccccc2)CCN1CC(F)(F)F. The predicted molar refractivity (Wildman–Crippen MR) is 85.4 cm³/mol. The number of nitrogens with zero attached hydrogens (tertiary/aromatic N) is 2. The van der Waals surface area contributed by atoms with Gasteiger partial charge < -0.3 is 10.2 Å². The maximum Gasteiger partial charge on any atom is 0.401 e. The molecule has 1 aliphatic rings. The minimum atomic E-state index is -4.22. The van der Waals surface area contributed by atoms with E-state index in [1.807, 2.05) is 30.3 Å². The van der Waals surface area contributed by atoms with Crippen LogP contribution in [-0.4, -0.2) is 60.8 Å². The van der Waals surface area contributed by atoms with Crippen LogP contribution in [0.5, 0.6) is 0 Å². The quantitative estimate of drug-likeness (QED) is 0.840. The van der Waals surface area contributed by atoms with Gasteiger partial charge in [-0.15, -0.1) is 0 Å². The van der Waals surface area contributed by atoms with Crippen LogP contribution in [0.25, 0.3) is 0 Å². The molecule has 24 heavy (non-hydrogen) atoms. The summed E-state index contributed by atoms with van der Waals surface area (Å²) >= 11 is 0. The van der Waals surface area contributed by atoms with Crippen molar-refractivity contribution in [1.29, 1.82) is 0 Å². The van der Waals surface area contributed by atoms with Gasteiger partial charge in [-0.05, 0) is 19.1 Å². The van der Waals surface area contributed by atoms with E-state index in [1.54, 1.807) is 6.92 Å². The van der Waals surface area contributed by atoms with Crippen LogP contribution in [0.2, 0.25) is 0 Å². The molecule has 0 aromatic heterocycles. The number of benzene rings is 1. The molecule has 1 fully saturated rings. The molecule has 1 atom stereocenters. The second-order valence-electron chi connectivity index (χ2n) is 5.71. The summed E-state index contributed by atoms with van der Waals surface area (Å²) in [5.74, 6) is 5.78. The third-order valence-electron chi connectivity index (χ3n) is 3.77. The largest absolute Gasteiger partial charge is 0.401 e. The molecular weight excluding hydrogens is 319 g/mol. The van der Waals surface area contributed by atoms with Gasteiger partial charge in [0.2, 0.25) is 0 Å². The van der Waals surface area contributed by atoms with Crippen LogP contribution in [0.1, 0.15) is 12.5 Å². The number of nitrogens with one attached hydrogen (secondary N) is 1. The minimum absolute atomic E-state index is 0.199. The van der Waals surface area contributed by atoms with E-state index in [-0.39, 0.29) is 38.3 Å². The Morgan fingerprint density at radius 2 is 2.00 bits per heavy atom. The third-order valence-corrected chi connectivity index (χ3v) is 3.77. The first-order valence-corrected chi connectivity index (χ1v) is 7.72. The van der Waals surface area contributed by atoms with Crippen molar-refractivity contribution in [2.45, 2.75) is 19.1 Å². The molecule has 2 amide bonds. The summed E-state index contributed by atoms with van der Waals surface area (Å²) in [6.07, 6.45) is -4.22. The molecule has 1 aromatic rings. The topological polar surface area (TPSA) is 35.6 Å². The van der Waals surface area contributed by atoms with Crippen molar-refractivity contribution in [3.8, 4) is 11.8 Å². The normalized spacial score (nSPS) is 18.7. The maximum atomic E-state index is 12.5. The molecule has 0 bridgehead atoms. The summed E-state index contributed by atoms with van der Waals surface area (Å²) in [4.78, 5) is 14.9. The number of carbonyl (C=O) groups is 1. The van der Waals surface area contributed by atoms with E-state index in [9.17, 15) is 18.0 Å². The molecule has 7 heteroatoms. The van der Waals surface area contributed by atoms with Gasteiger partial charge in [-0.2, -0.15) is 13.2 Å². The van der Waals surface area contributed by atoms with Crippen LogP contribution in [0.3, 0.4) is 0 Å². The van der Waals surface area contributed by atoms with Gasteiger partial charge in [-0.1, -0.05) is 30.0 Å². The highest BCUT2D eigenvalue weighted by Gasteiger charge is 2.35. The fraction of sp³-hybridized carbons (Fsp3) is 0.471. The molecule has 2 rings (SSSR count). The van der Waals surface area contributed by atoms with Crippen molar-refractivity contribution in [1.82, 2.24) is 15.1 Å². The smallest absolute Gasteiger partial charge is 0.327 e. The van der Waals surface area contributed by atoms with Crippen LogP contribution in [0.4, 0.5) is 18.0 Å². The Balaban J connectivity index is 1.77. The number of hydrogen-bond acceptors (Lipinski definition) is 2. The highest BCUT2D eigenvalue weighted by Crippen LogP contribution is 2.20. The van der Waals surface area contributed by atoms with E-state index in [0.29, 0.717) is 0 Å². The van der Waals surface area contributed by atoms with Crippen LogP contribution in [-0.2, 0) is 0 Å². The van der Waals surface area contributed by atoms with Gasteiger partial charge in [0.25, 0.3) is 0 Å². The van der Waals surface area contributed by atoms with Gasteiger partial charge in [0, 0.05) is 31.2 Å². The Morgan fingerprint density at radius 3 is 2.62 bits per heavy atom. The summed E-state index contributed by atoms with van der Waals surface area (Å²) in [5, 5.41) is 2.68. The summed E-state index contributed by atoms with van der Waals surface area (Å²) in [7, 11) is 0. The molecule has 130 valence electrons. The molecule has 0 spiro atoms. The Morgan fingerprint density at radius 1 is 1.29 bits per heavy atom. The van der Waals surface area contributed by atoms with E-state index in [2.05, 4.69) is 17.2 Å². The molecule has 1 heterocycles. The molecule has 0 radical (unpaired) electrons. The van der Waals surface area contributed by atoms with Crippen molar-refractivity contribution in [2.24, 2.45) is 0 Å². The van der Waals surface area contributed by atoms with Crippen LogP contribution < -0.4 is 5.32 Å². The van der Waals surface area contributed by atoms with E-state index >= 15 is 0 Å². The average Bonchev–Trinajstić information content (AvgIpc) is 2.53. The zero-order chi connectivity index (χ0) is 17.6. The molecule has 1 aliphatic heterocycles. The Bertz CT molecular complexity index is 607. The Kier molecular flexibility index (Phi) is 6.10. The summed E-state index contributed by atoms with van der Waals surface area (Å²) in [5.41, 5.74) is 0.862. The molecule has 1 aromatic carbocycles. The van der Waals surface area contributed by atoms with Crippen LogP contribution in [0, 0.1) is 11.8 Å². The van der Waals surface area contributed by atoms with E-state index < -0.39 is 12.7 Å². The summed E-state index contributed by atoms with van der Waals surface area (Å²) < 4.78 is 37.4. The summed E-state index contributed by atoms with van der Waals surface area (Å²) in [6.45, 7) is 1.72. The van der Waals surface area contributed by atoms with E-state index in [1.165, 1.54) is 9.80 Å². The van der Waals surface area contributed by atoms with Crippen LogP contribution in [0.15, 0.2) is 30.3 Å². The molecular formula is C17H20F3N3O. The predicted octanol–water partition coefficient (Wildman–Crippen LogP) is 2.32. The average molecular weight is 339 g/mol. The minimum Gasteiger partial charge on any atom is -0.327 e. The number of rotatable bonds is 2. The maximum absolute atomic E-state index is 12.5. The van der Waals surface area contributed by atoms with Gasteiger partial charge in [-0.25, -0.2) is 4.79 Å². The molecule has 4 nitrogen and oxygen atoms in total. The highest BCUT2D eigenvalue weighted by molar-refractivity contribution is 5.74. The number of amides is 2. The monoisotopic (exact) mass is 339 g/mol. The number of halogens is 3. The van der Waals surface area contributed by atoms with E-state index in [4.69, 9.17) is 0 Å². The molecule has 0 saturated carbocycles. The van der Waals surface area contributed by atoms with Crippen molar-refractivity contribution in [3.05, 3.63) is 35.9 Å². The molecule has 1 N–H and O–H groups in total. The Hall–Kier alpha value is -2.20. The standard InChI is InChI=1S/C17H20F3N3O/c1-14-12-22(10-11-23(14)13-17(18,19)20)16(24)21-9-5-8-15-6-3-2-4-7-15/h2-4,6-7,14H,9-13H2,1H3,(H,21,24). The first-order chi connectivity index (χ1) is 11.3. The van der Waals surface area contributed by atoms with Crippen molar-refractivity contribution < 1.29 is 18.0 Å². The van der Waals surface area contributed by atoms with Gasteiger partial charge in [-0.3, -0.25) is 4.90 Å². The fourth-order valence-corrected chi connectivity index (χ4v) is 2.54. The highest BCUT2D eigenvalue weighted by atomic mass is 19.4. The van der Waals surface area contributed by atoms with E-state index in [0.717, 1.165) is 5.56 Å². The second kappa shape index (κ2) is 8.06. The van der Waals surface area contributed by atoms with Gasteiger partial charge in [0.15, 0.2) is 0 Å². The first kappa shape index (κ1) is 18.1. The number of piperazine rings is 1. The number of hydrogen-bond donors (Lipinski definition) is 1. The molecule has 1 unspecified atom stereocenters. The lowest BCUT2D eigenvalue weighted by atomic mass is 10.2. The number of urea groups is 1. The zero-order valence-corrected chi connectivity index (χ0v) is 13.4. The van der Waals surface area contributed by atoms with Crippen LogP contribution >= 0.6 is 0 Å². The van der Waals surface area contributed by atoms with Gasteiger partial charge in [0.05, 0.1) is 13.1 Å². The molecule has 0 aliphatic carbocycles. The third kappa shape index (κ3) is 5.78. The second-order valence-corrected chi connectivity index (χ2v) is 5.71. The van der Waals surface area contributed by atoms with Gasteiger partial charge in [0.1, 0.15) is 0 Å². The first-order valence-electron chi connectivity index (χ1n) is 7.72. The molecule has 1 saturated heterocycles. The van der Waals surface area contributed by atoms with Crippen molar-refractivity contribution in [2.75, 3.05) is 32.7 Å². The van der Waals surface area contributed by atoms with Crippen molar-refractivity contribution >= 4 is 6.03 Å². The lowest BCUT2D eigenvalue weighted by molar-refractivity contribution is -0.153. The zero-order valence-electron chi connectivity index (χ0n) is 13.4. The lowest BCUT2D eigenvalue weighted by Gasteiger charge is -2.39. The number of carbonyl (C=O) groups excluding carboxylic acids is 1. The lowest BCUT2D eigenvalue weighted by Crippen LogP contribution is -2.57. The Labute approximate surface area is 139 Å². The fourth-order valence-electron chi connectivity index (χ4n) is 2.54. The summed E-state index contributed by atoms with van der Waals surface area (Å²) in [6, 6.07) is 8.77.